The first-order chi connectivity index (χ1) is 11.2. The van der Waals surface area contributed by atoms with Crippen molar-refractivity contribution in [3.8, 4) is 0 Å². The van der Waals surface area contributed by atoms with Crippen LogP contribution in [0.2, 0.25) is 0 Å². The third-order valence-electron chi connectivity index (χ3n) is 4.50. The van der Waals surface area contributed by atoms with Crippen LogP contribution < -0.4 is 0 Å². The van der Waals surface area contributed by atoms with Crippen LogP contribution in [0.3, 0.4) is 0 Å². The van der Waals surface area contributed by atoms with Crippen molar-refractivity contribution in [2.75, 3.05) is 12.4 Å². The van der Waals surface area contributed by atoms with Gasteiger partial charge in [-0.15, -0.1) is 0 Å². The maximum Gasteiger partial charge on any atom is 0.344 e. The summed E-state index contributed by atoms with van der Waals surface area (Å²) < 4.78 is 5.43. The molecule has 2 rings (SSSR count). The van der Waals surface area contributed by atoms with Gasteiger partial charge in [0.1, 0.15) is 0 Å². The van der Waals surface area contributed by atoms with E-state index in [1.807, 2.05) is 25.1 Å². The van der Waals surface area contributed by atoms with Gasteiger partial charge >= 0.3 is 5.97 Å². The standard InChI is InChI=1S/C19H28O3S/c1-16-19(21,17-12-8-7-9-13-17)18(20)22-14-10-5-3-2-4-6-11-15-23-16/h7-9,12-13,16,21H,2-6,10-11,14-15H2,1H3. The molecule has 0 aliphatic carbocycles. The smallest absolute Gasteiger partial charge is 0.344 e. The molecule has 0 bridgehead atoms. The van der Waals surface area contributed by atoms with E-state index in [0.717, 1.165) is 25.0 Å². The normalized spacial score (nSPS) is 28.6. The molecule has 0 aromatic heterocycles. The average Bonchev–Trinajstić information content (AvgIpc) is 2.58. The van der Waals surface area contributed by atoms with Gasteiger partial charge in [-0.2, -0.15) is 11.8 Å². The Morgan fingerprint density at radius 3 is 2.35 bits per heavy atom. The van der Waals surface area contributed by atoms with Gasteiger partial charge in [0.15, 0.2) is 5.60 Å². The largest absolute Gasteiger partial charge is 0.463 e. The Bertz CT molecular complexity index is 477. The van der Waals surface area contributed by atoms with Gasteiger partial charge in [0, 0.05) is 5.25 Å². The lowest BCUT2D eigenvalue weighted by Gasteiger charge is -2.32. The summed E-state index contributed by atoms with van der Waals surface area (Å²) in [7, 11) is 0. The van der Waals surface area contributed by atoms with Crippen molar-refractivity contribution >= 4 is 17.7 Å². The molecule has 1 heterocycles. The van der Waals surface area contributed by atoms with Crippen LogP contribution in [-0.2, 0) is 15.1 Å². The molecule has 2 unspecified atom stereocenters. The van der Waals surface area contributed by atoms with E-state index in [2.05, 4.69) is 0 Å². The molecule has 23 heavy (non-hydrogen) atoms. The Kier molecular flexibility index (Phi) is 7.44. The van der Waals surface area contributed by atoms with Crippen LogP contribution in [0.15, 0.2) is 30.3 Å². The topological polar surface area (TPSA) is 46.5 Å². The minimum absolute atomic E-state index is 0.236. The summed E-state index contributed by atoms with van der Waals surface area (Å²) in [5.74, 6) is 0.449. The number of cyclic esters (lactones) is 1. The molecule has 2 atom stereocenters. The Morgan fingerprint density at radius 1 is 1.04 bits per heavy atom. The molecule has 0 radical (unpaired) electrons. The minimum atomic E-state index is -1.57. The van der Waals surface area contributed by atoms with E-state index in [0.29, 0.717) is 12.2 Å². The highest BCUT2D eigenvalue weighted by atomic mass is 32.2. The highest BCUT2D eigenvalue weighted by molar-refractivity contribution is 7.99. The molecule has 1 aliphatic heterocycles. The molecular weight excluding hydrogens is 308 g/mol. The minimum Gasteiger partial charge on any atom is -0.463 e. The highest BCUT2D eigenvalue weighted by Crippen LogP contribution is 2.35. The molecule has 1 N–H and O–H groups in total. The predicted octanol–water partition coefficient (Wildman–Crippen LogP) is 4.28. The van der Waals surface area contributed by atoms with Gasteiger partial charge < -0.3 is 9.84 Å². The van der Waals surface area contributed by atoms with Gasteiger partial charge in [0.2, 0.25) is 0 Å². The number of hydrogen-bond donors (Lipinski definition) is 1. The zero-order valence-electron chi connectivity index (χ0n) is 14.0. The van der Waals surface area contributed by atoms with Crippen molar-refractivity contribution in [2.24, 2.45) is 0 Å². The van der Waals surface area contributed by atoms with Crippen molar-refractivity contribution in [2.45, 2.75) is 62.7 Å². The number of thioether (sulfide) groups is 1. The fourth-order valence-electron chi connectivity index (χ4n) is 2.95. The van der Waals surface area contributed by atoms with E-state index in [-0.39, 0.29) is 5.25 Å². The van der Waals surface area contributed by atoms with Crippen LogP contribution in [0.5, 0.6) is 0 Å². The van der Waals surface area contributed by atoms with Crippen molar-refractivity contribution in [1.82, 2.24) is 0 Å². The van der Waals surface area contributed by atoms with E-state index in [4.69, 9.17) is 4.74 Å². The summed E-state index contributed by atoms with van der Waals surface area (Å²) in [5.41, 5.74) is -0.951. The van der Waals surface area contributed by atoms with E-state index in [1.165, 1.54) is 25.7 Å². The first kappa shape index (κ1) is 18.3. The predicted molar refractivity (Wildman–Crippen MR) is 95.5 cm³/mol. The monoisotopic (exact) mass is 336 g/mol. The summed E-state index contributed by atoms with van der Waals surface area (Å²) in [4.78, 5) is 12.6. The molecule has 1 aromatic rings. The van der Waals surface area contributed by atoms with E-state index < -0.39 is 11.6 Å². The zero-order valence-corrected chi connectivity index (χ0v) is 14.8. The number of benzene rings is 1. The molecule has 1 aliphatic rings. The van der Waals surface area contributed by atoms with Crippen molar-refractivity contribution in [1.29, 1.82) is 0 Å². The lowest BCUT2D eigenvalue weighted by Crippen LogP contribution is -2.45. The first-order valence-corrected chi connectivity index (χ1v) is 9.77. The molecule has 1 fully saturated rings. The molecule has 4 heteroatoms. The average molecular weight is 336 g/mol. The Balaban J connectivity index is 2.16. The van der Waals surface area contributed by atoms with E-state index >= 15 is 0 Å². The molecular formula is C19H28O3S. The third-order valence-corrected chi connectivity index (χ3v) is 5.87. The van der Waals surface area contributed by atoms with Crippen LogP contribution in [0.4, 0.5) is 0 Å². The van der Waals surface area contributed by atoms with E-state index in [9.17, 15) is 9.90 Å². The second kappa shape index (κ2) is 9.33. The molecule has 0 amide bonds. The fourth-order valence-corrected chi connectivity index (χ4v) is 4.15. The van der Waals surface area contributed by atoms with Gasteiger partial charge in [-0.05, 0) is 31.1 Å². The van der Waals surface area contributed by atoms with Crippen molar-refractivity contribution < 1.29 is 14.6 Å². The molecule has 0 spiro atoms. The second-order valence-electron chi connectivity index (χ2n) is 6.26. The molecule has 0 saturated carbocycles. The van der Waals surface area contributed by atoms with Crippen LogP contribution in [0.25, 0.3) is 0 Å². The molecule has 1 aromatic carbocycles. The summed E-state index contributed by atoms with van der Waals surface area (Å²) in [5, 5.41) is 11.0. The van der Waals surface area contributed by atoms with Crippen LogP contribution in [-0.4, -0.2) is 28.7 Å². The number of carbonyl (C=O) groups is 1. The zero-order chi connectivity index (χ0) is 16.5. The Labute approximate surface area is 143 Å². The lowest BCUT2D eigenvalue weighted by atomic mass is 9.91. The number of aliphatic hydroxyl groups is 1. The number of rotatable bonds is 1. The third kappa shape index (κ3) is 4.98. The van der Waals surface area contributed by atoms with Gasteiger partial charge in [-0.3, -0.25) is 0 Å². The first-order valence-electron chi connectivity index (χ1n) is 8.72. The Hall–Kier alpha value is -1.00. The summed E-state index contributed by atoms with van der Waals surface area (Å²) >= 11 is 1.66. The van der Waals surface area contributed by atoms with Gasteiger partial charge in [-0.25, -0.2) is 4.79 Å². The van der Waals surface area contributed by atoms with Gasteiger partial charge in [-0.1, -0.05) is 62.4 Å². The van der Waals surface area contributed by atoms with Crippen LogP contribution >= 0.6 is 11.8 Å². The van der Waals surface area contributed by atoms with Crippen molar-refractivity contribution in [3.63, 3.8) is 0 Å². The second-order valence-corrected chi connectivity index (χ2v) is 7.70. The van der Waals surface area contributed by atoms with Gasteiger partial charge in [0.05, 0.1) is 6.61 Å². The van der Waals surface area contributed by atoms with Gasteiger partial charge in [0.25, 0.3) is 0 Å². The summed E-state index contributed by atoms with van der Waals surface area (Å²) in [6.45, 7) is 2.32. The highest BCUT2D eigenvalue weighted by Gasteiger charge is 2.45. The Morgan fingerprint density at radius 2 is 1.65 bits per heavy atom. The number of esters is 1. The maximum absolute atomic E-state index is 12.6. The molecule has 3 nitrogen and oxygen atoms in total. The lowest BCUT2D eigenvalue weighted by molar-refractivity contribution is -0.166. The van der Waals surface area contributed by atoms with Crippen LogP contribution in [0, 0.1) is 0 Å². The quantitative estimate of drug-likeness (QED) is 0.778. The summed E-state index contributed by atoms with van der Waals surface area (Å²) in [6, 6.07) is 9.20. The van der Waals surface area contributed by atoms with Crippen molar-refractivity contribution in [3.05, 3.63) is 35.9 Å². The number of carbonyl (C=O) groups excluding carboxylic acids is 1. The number of ether oxygens (including phenoxy) is 1. The number of hydrogen-bond acceptors (Lipinski definition) is 4. The molecule has 1 saturated heterocycles. The SMILES string of the molecule is CC1SCCCCCCCCCOC(=O)C1(O)c1ccccc1. The van der Waals surface area contributed by atoms with E-state index in [1.54, 1.807) is 23.9 Å². The van der Waals surface area contributed by atoms with Crippen LogP contribution in [0.1, 0.15) is 57.4 Å². The fraction of sp³-hybridized carbons (Fsp3) is 0.632. The molecule has 128 valence electrons. The maximum atomic E-state index is 12.6. The summed E-state index contributed by atoms with van der Waals surface area (Å²) in [6.07, 6.45) is 8.06.